The van der Waals surface area contributed by atoms with Gasteiger partial charge in [-0.3, -0.25) is 4.55 Å². The smallest absolute Gasteiger partial charge is 0.494 e. The molecular formula is C19H23F3O4S2. The van der Waals surface area contributed by atoms with Gasteiger partial charge < -0.3 is 4.74 Å². The molecule has 2 aromatic rings. The van der Waals surface area contributed by atoms with Crippen molar-refractivity contribution in [2.24, 2.45) is 0 Å². The van der Waals surface area contributed by atoms with Crippen LogP contribution >= 0.6 is 11.8 Å². The Bertz CT molecular complexity index is 876. The molecule has 0 bridgehead atoms. The van der Waals surface area contributed by atoms with E-state index in [0.717, 1.165) is 18.8 Å². The van der Waals surface area contributed by atoms with Crippen molar-refractivity contribution in [3.05, 3.63) is 42.0 Å². The second kappa shape index (κ2) is 9.84. The van der Waals surface area contributed by atoms with Gasteiger partial charge in [0.15, 0.2) is 0 Å². The molecule has 1 aliphatic heterocycles. The molecule has 3 rings (SSSR count). The van der Waals surface area contributed by atoms with Crippen LogP contribution in [0.2, 0.25) is 0 Å². The largest absolute Gasteiger partial charge is 0.522 e. The zero-order valence-corrected chi connectivity index (χ0v) is 17.0. The highest BCUT2D eigenvalue weighted by Crippen LogP contribution is 2.40. The minimum absolute atomic E-state index is 0.708. The molecule has 28 heavy (non-hydrogen) atoms. The van der Waals surface area contributed by atoms with Crippen LogP contribution in [0.25, 0.3) is 10.8 Å². The van der Waals surface area contributed by atoms with Crippen LogP contribution in [0.5, 0.6) is 5.75 Å². The molecule has 1 saturated heterocycles. The number of fused-ring (bicyclic) bond motifs is 1. The van der Waals surface area contributed by atoms with E-state index in [1.807, 2.05) is 0 Å². The zero-order chi connectivity index (χ0) is 20.8. The molecule has 1 heterocycles. The number of thioether (sulfide) groups is 1. The van der Waals surface area contributed by atoms with Crippen molar-refractivity contribution in [1.82, 2.24) is 0 Å². The van der Waals surface area contributed by atoms with Crippen LogP contribution in [0.15, 0.2) is 36.4 Å². The molecule has 0 saturated carbocycles. The lowest BCUT2D eigenvalue weighted by Crippen LogP contribution is -2.21. The first-order valence-electron chi connectivity index (χ1n) is 8.93. The lowest BCUT2D eigenvalue weighted by Gasteiger charge is -2.11. The summed E-state index contributed by atoms with van der Waals surface area (Å²) in [7, 11) is -5.84. The first-order chi connectivity index (χ1) is 13.1. The summed E-state index contributed by atoms with van der Waals surface area (Å²) < 4.78 is 63.3. The van der Waals surface area contributed by atoms with E-state index in [1.165, 1.54) is 41.4 Å². The summed E-state index contributed by atoms with van der Waals surface area (Å²) in [5.41, 5.74) is -4.05. The van der Waals surface area contributed by atoms with Crippen LogP contribution in [0, 0.1) is 0 Å². The molecule has 0 aliphatic carbocycles. The Kier molecular flexibility index (Phi) is 8.03. The molecule has 0 aromatic heterocycles. The molecule has 2 aromatic carbocycles. The average molecular weight is 437 g/mol. The normalized spacial score (nSPS) is 17.2. The fourth-order valence-corrected chi connectivity index (χ4v) is 4.00. The number of hydrogen-bond acceptors (Lipinski definition) is 4. The standard InChI is InChI=1S/C18H22OS.CHF3O3S/c1-2-3-10-19-17-9-8-14-12-16(7-6-15(14)13-17)18-5-4-11-20-18;2-1(3,4)8(5,6)7/h6-9,12-13,18H,2-5,10-11H2,1H3;(H,5,6,7). The average Bonchev–Trinajstić information content (AvgIpc) is 3.15. The van der Waals surface area contributed by atoms with Crippen LogP contribution in [-0.2, 0) is 10.1 Å². The number of unbranched alkanes of at least 4 members (excludes halogenated alkanes) is 1. The molecule has 0 amide bonds. The number of benzene rings is 2. The molecule has 156 valence electrons. The van der Waals surface area contributed by atoms with E-state index in [1.54, 1.807) is 0 Å². The lowest BCUT2D eigenvalue weighted by atomic mass is 10.0. The summed E-state index contributed by atoms with van der Waals surface area (Å²) in [6.45, 7) is 3.01. The molecule has 1 fully saturated rings. The second-order valence-electron chi connectivity index (χ2n) is 6.39. The lowest BCUT2D eigenvalue weighted by molar-refractivity contribution is -0.0510. The Morgan fingerprint density at radius 3 is 2.39 bits per heavy atom. The Morgan fingerprint density at radius 2 is 1.82 bits per heavy atom. The van der Waals surface area contributed by atoms with Gasteiger partial charge in [-0.15, -0.1) is 0 Å². The monoisotopic (exact) mass is 436 g/mol. The van der Waals surface area contributed by atoms with Crippen molar-refractivity contribution in [1.29, 1.82) is 0 Å². The Labute approximate surface area is 167 Å². The van der Waals surface area contributed by atoms with Gasteiger partial charge in [-0.25, -0.2) is 0 Å². The fourth-order valence-electron chi connectivity index (χ4n) is 2.71. The van der Waals surface area contributed by atoms with E-state index < -0.39 is 15.6 Å². The molecule has 9 heteroatoms. The van der Waals surface area contributed by atoms with Crippen molar-refractivity contribution in [2.45, 2.75) is 43.4 Å². The van der Waals surface area contributed by atoms with Gasteiger partial charge in [0.2, 0.25) is 0 Å². The summed E-state index contributed by atoms with van der Waals surface area (Å²) >= 11 is 2.10. The molecule has 1 N–H and O–H groups in total. The zero-order valence-electron chi connectivity index (χ0n) is 15.4. The van der Waals surface area contributed by atoms with Crippen LogP contribution in [-0.4, -0.2) is 30.8 Å². The number of ether oxygens (including phenoxy) is 1. The number of halogens is 3. The predicted octanol–water partition coefficient (Wildman–Crippen LogP) is 5.98. The quantitative estimate of drug-likeness (QED) is 0.355. The molecule has 0 radical (unpaired) electrons. The second-order valence-corrected chi connectivity index (χ2v) is 9.12. The molecule has 4 nitrogen and oxygen atoms in total. The highest BCUT2D eigenvalue weighted by molar-refractivity contribution is 7.99. The number of hydrogen-bond donors (Lipinski definition) is 1. The van der Waals surface area contributed by atoms with E-state index in [0.29, 0.717) is 5.25 Å². The Morgan fingerprint density at radius 1 is 1.18 bits per heavy atom. The molecule has 0 spiro atoms. The molecule has 1 aliphatic rings. The Balaban J connectivity index is 0.000000300. The van der Waals surface area contributed by atoms with Crippen molar-refractivity contribution >= 4 is 32.7 Å². The van der Waals surface area contributed by atoms with E-state index in [2.05, 4.69) is 55.1 Å². The maximum absolute atomic E-state index is 10.7. The van der Waals surface area contributed by atoms with Crippen molar-refractivity contribution in [3.8, 4) is 5.75 Å². The van der Waals surface area contributed by atoms with Gasteiger partial charge in [-0.1, -0.05) is 37.6 Å². The highest BCUT2D eigenvalue weighted by Gasteiger charge is 2.44. The maximum atomic E-state index is 10.7. The highest BCUT2D eigenvalue weighted by atomic mass is 32.2. The molecule has 1 atom stereocenters. The van der Waals surface area contributed by atoms with Crippen LogP contribution in [0.3, 0.4) is 0 Å². The third kappa shape index (κ3) is 6.56. The van der Waals surface area contributed by atoms with Crippen LogP contribution in [0.4, 0.5) is 13.2 Å². The van der Waals surface area contributed by atoms with Gasteiger partial charge in [-0.05, 0) is 53.5 Å². The topological polar surface area (TPSA) is 63.6 Å². The van der Waals surface area contributed by atoms with Crippen LogP contribution in [0.1, 0.15) is 43.4 Å². The van der Waals surface area contributed by atoms with Crippen LogP contribution < -0.4 is 4.74 Å². The van der Waals surface area contributed by atoms with Gasteiger partial charge in [0.1, 0.15) is 5.75 Å². The first kappa shape index (κ1) is 22.8. The third-order valence-corrected chi connectivity index (χ3v) is 6.22. The fraction of sp³-hybridized carbons (Fsp3) is 0.474. The summed E-state index contributed by atoms with van der Waals surface area (Å²) in [6, 6.07) is 13.4. The Hall–Kier alpha value is -1.45. The minimum Gasteiger partial charge on any atom is -0.494 e. The van der Waals surface area contributed by atoms with Gasteiger partial charge in [0.25, 0.3) is 0 Å². The van der Waals surface area contributed by atoms with Gasteiger partial charge in [0.05, 0.1) is 6.61 Å². The predicted molar refractivity (Wildman–Crippen MR) is 106 cm³/mol. The molecular weight excluding hydrogens is 413 g/mol. The third-order valence-electron chi connectivity index (χ3n) is 4.20. The summed E-state index contributed by atoms with van der Waals surface area (Å²) in [4.78, 5) is 0. The number of rotatable bonds is 5. The van der Waals surface area contributed by atoms with E-state index in [4.69, 9.17) is 17.7 Å². The summed E-state index contributed by atoms with van der Waals surface area (Å²) in [5, 5.41) is 3.32. The SMILES string of the molecule is CCCCOc1ccc2cc(C3CCCS3)ccc2c1.O=S(=O)(O)C(F)(F)F. The summed E-state index contributed by atoms with van der Waals surface area (Å²) in [5.74, 6) is 2.31. The van der Waals surface area contributed by atoms with E-state index in [-0.39, 0.29) is 0 Å². The van der Waals surface area contributed by atoms with E-state index in [9.17, 15) is 13.2 Å². The minimum atomic E-state index is -5.84. The summed E-state index contributed by atoms with van der Waals surface area (Å²) in [6.07, 6.45) is 4.98. The van der Waals surface area contributed by atoms with Crippen molar-refractivity contribution in [2.75, 3.05) is 12.4 Å². The maximum Gasteiger partial charge on any atom is 0.522 e. The van der Waals surface area contributed by atoms with Gasteiger partial charge in [0, 0.05) is 5.25 Å². The molecule has 1 unspecified atom stereocenters. The number of alkyl halides is 3. The van der Waals surface area contributed by atoms with Gasteiger partial charge in [-0.2, -0.15) is 33.4 Å². The van der Waals surface area contributed by atoms with Crippen molar-refractivity contribution < 1.29 is 30.9 Å². The van der Waals surface area contributed by atoms with E-state index >= 15 is 0 Å². The van der Waals surface area contributed by atoms with Crippen molar-refractivity contribution in [3.63, 3.8) is 0 Å². The first-order valence-corrected chi connectivity index (χ1v) is 11.4. The van der Waals surface area contributed by atoms with Gasteiger partial charge >= 0.3 is 15.6 Å².